The maximum absolute atomic E-state index is 4.33. The fraction of sp³-hybridized carbons (Fsp3) is 0.800. The number of nitrogens with one attached hydrogen (secondary N) is 1. The quantitative estimate of drug-likeness (QED) is 0.846. The van der Waals surface area contributed by atoms with Crippen LogP contribution in [0.25, 0.3) is 0 Å². The molecular weight excluding hydrogens is 250 g/mol. The molecular formula is C15H29N5. The van der Waals surface area contributed by atoms with Crippen LogP contribution in [0.3, 0.4) is 0 Å². The van der Waals surface area contributed by atoms with E-state index in [-0.39, 0.29) is 0 Å². The highest BCUT2D eigenvalue weighted by Gasteiger charge is 2.26. The largest absolute Gasteiger partial charge is 0.310 e. The van der Waals surface area contributed by atoms with Gasteiger partial charge in [0.2, 0.25) is 0 Å². The van der Waals surface area contributed by atoms with E-state index < -0.39 is 0 Å². The highest BCUT2D eigenvalue weighted by atomic mass is 15.3. The number of likely N-dealkylation sites (N-methyl/N-ethyl adjacent to an activating group) is 2. The van der Waals surface area contributed by atoms with E-state index in [0.717, 1.165) is 32.5 Å². The highest BCUT2D eigenvalue weighted by Crippen LogP contribution is 2.22. The number of aromatic nitrogens is 2. The van der Waals surface area contributed by atoms with E-state index in [4.69, 9.17) is 0 Å². The minimum Gasteiger partial charge on any atom is -0.310 e. The van der Waals surface area contributed by atoms with Gasteiger partial charge in [0, 0.05) is 50.5 Å². The zero-order chi connectivity index (χ0) is 14.5. The maximum atomic E-state index is 4.33. The number of rotatable bonds is 6. The lowest BCUT2D eigenvalue weighted by atomic mass is 9.99. The summed E-state index contributed by atoms with van der Waals surface area (Å²) in [5, 5.41) is 8.01. The molecule has 20 heavy (non-hydrogen) atoms. The normalized spacial score (nSPS) is 23.1. The first-order valence-electron chi connectivity index (χ1n) is 7.71. The second-order valence-electron chi connectivity index (χ2n) is 6.09. The SMILES string of the molecule is CCCNC(CC1CN(C)CCN1C)c1cnn(C)c1. The van der Waals surface area contributed by atoms with Crippen LogP contribution >= 0.6 is 0 Å². The monoisotopic (exact) mass is 279 g/mol. The molecule has 1 aromatic heterocycles. The Labute approximate surface area is 122 Å². The topological polar surface area (TPSA) is 36.3 Å². The minimum absolute atomic E-state index is 0.405. The summed E-state index contributed by atoms with van der Waals surface area (Å²) < 4.78 is 1.90. The van der Waals surface area contributed by atoms with Gasteiger partial charge in [-0.05, 0) is 33.5 Å². The zero-order valence-corrected chi connectivity index (χ0v) is 13.3. The average Bonchev–Trinajstić information content (AvgIpc) is 2.85. The number of hydrogen-bond acceptors (Lipinski definition) is 4. The maximum Gasteiger partial charge on any atom is 0.0537 e. The Morgan fingerprint density at radius 3 is 2.80 bits per heavy atom. The summed E-state index contributed by atoms with van der Waals surface area (Å²) in [6, 6.07) is 1.02. The highest BCUT2D eigenvalue weighted by molar-refractivity contribution is 5.11. The van der Waals surface area contributed by atoms with Gasteiger partial charge in [-0.25, -0.2) is 0 Å². The molecule has 2 atom stereocenters. The lowest BCUT2D eigenvalue weighted by Gasteiger charge is -2.39. The number of nitrogens with zero attached hydrogens (tertiary/aromatic N) is 4. The van der Waals surface area contributed by atoms with Crippen molar-refractivity contribution in [1.82, 2.24) is 24.9 Å². The predicted octanol–water partition coefficient (Wildman–Crippen LogP) is 1.10. The first-order chi connectivity index (χ1) is 9.60. The van der Waals surface area contributed by atoms with Crippen LogP contribution in [0, 0.1) is 0 Å². The second kappa shape index (κ2) is 7.20. The number of hydrogen-bond donors (Lipinski definition) is 1. The fourth-order valence-corrected chi connectivity index (χ4v) is 2.90. The molecule has 0 amide bonds. The minimum atomic E-state index is 0.405. The van der Waals surface area contributed by atoms with E-state index >= 15 is 0 Å². The predicted molar refractivity (Wildman–Crippen MR) is 82.8 cm³/mol. The molecule has 0 saturated carbocycles. The molecule has 5 heteroatoms. The number of piperazine rings is 1. The molecule has 1 saturated heterocycles. The van der Waals surface area contributed by atoms with Gasteiger partial charge in [0.1, 0.15) is 0 Å². The van der Waals surface area contributed by atoms with Gasteiger partial charge in [0.15, 0.2) is 0 Å². The first kappa shape index (κ1) is 15.5. The lowest BCUT2D eigenvalue weighted by molar-refractivity contribution is 0.101. The van der Waals surface area contributed by atoms with Crippen molar-refractivity contribution in [3.8, 4) is 0 Å². The van der Waals surface area contributed by atoms with Gasteiger partial charge in [0.05, 0.1) is 6.20 Å². The molecule has 1 fully saturated rings. The Bertz CT molecular complexity index is 403. The van der Waals surface area contributed by atoms with Crippen LogP contribution in [0.1, 0.15) is 31.4 Å². The standard InChI is InChI=1S/C15H29N5/c1-5-6-16-15(13-10-17-20(4)11-13)9-14-12-18(2)7-8-19(14)3/h10-11,14-16H,5-9,12H2,1-4H3. The van der Waals surface area contributed by atoms with Gasteiger partial charge < -0.3 is 15.1 Å². The van der Waals surface area contributed by atoms with E-state index in [0.29, 0.717) is 12.1 Å². The van der Waals surface area contributed by atoms with Crippen LogP contribution in [0.15, 0.2) is 12.4 Å². The van der Waals surface area contributed by atoms with Crippen molar-refractivity contribution in [2.75, 3.05) is 40.3 Å². The molecule has 0 bridgehead atoms. The molecule has 2 heterocycles. The molecule has 0 aliphatic carbocycles. The molecule has 0 aromatic carbocycles. The summed E-state index contributed by atoms with van der Waals surface area (Å²) >= 11 is 0. The Hall–Kier alpha value is -0.910. The van der Waals surface area contributed by atoms with Crippen molar-refractivity contribution < 1.29 is 0 Å². The molecule has 5 nitrogen and oxygen atoms in total. The summed E-state index contributed by atoms with van der Waals surface area (Å²) in [4.78, 5) is 4.93. The third kappa shape index (κ3) is 4.04. The van der Waals surface area contributed by atoms with Crippen LogP contribution in [-0.4, -0.2) is 65.9 Å². The Kier molecular flexibility index (Phi) is 5.57. The van der Waals surface area contributed by atoms with Gasteiger partial charge in [0.25, 0.3) is 0 Å². The molecule has 1 N–H and O–H groups in total. The van der Waals surface area contributed by atoms with Gasteiger partial charge in [-0.3, -0.25) is 4.68 Å². The summed E-state index contributed by atoms with van der Waals surface area (Å²) in [6.45, 7) is 6.77. The van der Waals surface area contributed by atoms with E-state index in [2.05, 4.69) is 47.4 Å². The van der Waals surface area contributed by atoms with Crippen molar-refractivity contribution in [3.63, 3.8) is 0 Å². The summed E-state index contributed by atoms with van der Waals surface area (Å²) in [7, 11) is 6.46. The summed E-state index contributed by atoms with van der Waals surface area (Å²) in [5.41, 5.74) is 1.31. The molecule has 1 aliphatic rings. The first-order valence-corrected chi connectivity index (χ1v) is 7.71. The van der Waals surface area contributed by atoms with Crippen LogP contribution < -0.4 is 5.32 Å². The van der Waals surface area contributed by atoms with Crippen LogP contribution in [0.4, 0.5) is 0 Å². The van der Waals surface area contributed by atoms with Crippen molar-refractivity contribution in [2.45, 2.75) is 31.8 Å². The van der Waals surface area contributed by atoms with Gasteiger partial charge in [-0.1, -0.05) is 6.92 Å². The Balaban J connectivity index is 2.02. The van der Waals surface area contributed by atoms with Crippen LogP contribution in [0.5, 0.6) is 0 Å². The average molecular weight is 279 g/mol. The van der Waals surface area contributed by atoms with Crippen LogP contribution in [0.2, 0.25) is 0 Å². The third-order valence-electron chi connectivity index (χ3n) is 4.26. The fourth-order valence-electron chi connectivity index (χ4n) is 2.90. The van der Waals surface area contributed by atoms with Crippen LogP contribution in [-0.2, 0) is 7.05 Å². The van der Waals surface area contributed by atoms with Crippen molar-refractivity contribution in [2.24, 2.45) is 7.05 Å². The van der Waals surface area contributed by atoms with E-state index in [9.17, 15) is 0 Å². The molecule has 114 valence electrons. The summed E-state index contributed by atoms with van der Waals surface area (Å²) in [5.74, 6) is 0. The van der Waals surface area contributed by atoms with E-state index in [1.807, 2.05) is 17.9 Å². The molecule has 1 aliphatic heterocycles. The van der Waals surface area contributed by atoms with E-state index in [1.165, 1.54) is 12.1 Å². The van der Waals surface area contributed by atoms with Gasteiger partial charge in [-0.15, -0.1) is 0 Å². The van der Waals surface area contributed by atoms with Gasteiger partial charge in [-0.2, -0.15) is 5.10 Å². The Morgan fingerprint density at radius 1 is 1.35 bits per heavy atom. The third-order valence-corrected chi connectivity index (χ3v) is 4.26. The lowest BCUT2D eigenvalue weighted by Crippen LogP contribution is -2.51. The zero-order valence-electron chi connectivity index (χ0n) is 13.3. The molecule has 0 radical (unpaired) electrons. The van der Waals surface area contributed by atoms with Crippen molar-refractivity contribution in [3.05, 3.63) is 18.0 Å². The van der Waals surface area contributed by atoms with Crippen molar-refractivity contribution in [1.29, 1.82) is 0 Å². The van der Waals surface area contributed by atoms with Crippen molar-refractivity contribution >= 4 is 0 Å². The second-order valence-corrected chi connectivity index (χ2v) is 6.09. The summed E-state index contributed by atoms with van der Waals surface area (Å²) in [6.07, 6.45) is 6.45. The number of aryl methyl sites for hydroxylation is 1. The molecule has 2 unspecified atom stereocenters. The smallest absolute Gasteiger partial charge is 0.0537 e. The molecule has 1 aromatic rings. The molecule has 0 spiro atoms. The van der Waals surface area contributed by atoms with E-state index in [1.54, 1.807) is 0 Å². The van der Waals surface area contributed by atoms with Gasteiger partial charge >= 0.3 is 0 Å². The Morgan fingerprint density at radius 2 is 2.15 bits per heavy atom. The molecule has 2 rings (SSSR count).